The second-order valence-electron chi connectivity index (χ2n) is 9.24. The third-order valence-electron chi connectivity index (χ3n) is 6.74. The molecule has 0 atom stereocenters. The van der Waals surface area contributed by atoms with Crippen LogP contribution in [-0.4, -0.2) is 16.7 Å². The van der Waals surface area contributed by atoms with Crippen LogP contribution < -0.4 is 15.6 Å². The summed E-state index contributed by atoms with van der Waals surface area (Å²) in [5, 5.41) is 7.66. The Hall–Kier alpha value is -5.23. The minimum Gasteiger partial charge on any atom is -0.489 e. The van der Waals surface area contributed by atoms with Gasteiger partial charge in [0, 0.05) is 10.8 Å². The Bertz CT molecular complexity index is 1840. The van der Waals surface area contributed by atoms with Gasteiger partial charge in [0.2, 0.25) is 0 Å². The Balaban J connectivity index is 1.12. The first kappa shape index (κ1) is 24.1. The molecule has 6 nitrogen and oxygen atoms in total. The van der Waals surface area contributed by atoms with Gasteiger partial charge in [0.05, 0.1) is 17.2 Å². The predicted molar refractivity (Wildman–Crippen MR) is 156 cm³/mol. The molecule has 0 aliphatic heterocycles. The van der Waals surface area contributed by atoms with Gasteiger partial charge in [0.15, 0.2) is 5.43 Å². The van der Waals surface area contributed by atoms with E-state index < -0.39 is 0 Å². The summed E-state index contributed by atoms with van der Waals surface area (Å²) in [5.74, 6) is 0.460. The van der Waals surface area contributed by atoms with Crippen LogP contribution in [0.15, 0.2) is 125 Å². The van der Waals surface area contributed by atoms with Gasteiger partial charge in [0.1, 0.15) is 18.9 Å². The maximum Gasteiger partial charge on any atom is 0.260 e. The van der Waals surface area contributed by atoms with Crippen molar-refractivity contribution in [2.75, 3.05) is 0 Å². The number of nitrogens with zero attached hydrogens (tertiary/aromatic N) is 2. The normalized spacial score (nSPS) is 11.4. The first-order valence-electron chi connectivity index (χ1n) is 12.7. The van der Waals surface area contributed by atoms with Crippen LogP contribution in [0.4, 0.5) is 0 Å². The van der Waals surface area contributed by atoms with Crippen LogP contribution in [0.5, 0.6) is 5.75 Å². The molecule has 1 N–H and O–H groups in total. The number of hydrazone groups is 1. The first-order valence-corrected chi connectivity index (χ1v) is 12.7. The summed E-state index contributed by atoms with van der Waals surface area (Å²) < 4.78 is 7.85. The number of carbonyl (C=O) groups is 1. The minimum atomic E-state index is -0.291. The number of ether oxygens (including phenoxy) is 1. The van der Waals surface area contributed by atoms with Gasteiger partial charge in [-0.05, 0) is 70.4 Å². The first-order chi connectivity index (χ1) is 19.2. The standard InChI is InChI=1S/C33H25N3O3/c37-32(21-36-30-14-5-3-12-28(30)33(38)29-13-4-6-15-31(29)36)35-34-20-23-16-18-26(19-17-23)39-22-25-10-7-9-24-8-1-2-11-27(24)25/h1-20H,21-22H2,(H,35,37). The van der Waals surface area contributed by atoms with E-state index in [1.165, 1.54) is 10.8 Å². The van der Waals surface area contributed by atoms with Crippen molar-refractivity contribution in [3.63, 3.8) is 0 Å². The summed E-state index contributed by atoms with van der Waals surface area (Å²) in [7, 11) is 0. The van der Waals surface area contributed by atoms with Gasteiger partial charge in [-0.3, -0.25) is 9.59 Å². The minimum absolute atomic E-state index is 0.0274. The Morgan fingerprint density at radius 3 is 2.08 bits per heavy atom. The molecule has 0 aliphatic carbocycles. The molecule has 1 amide bonds. The van der Waals surface area contributed by atoms with Crippen molar-refractivity contribution in [3.05, 3.63) is 137 Å². The summed E-state index contributed by atoms with van der Waals surface area (Å²) >= 11 is 0. The number of para-hydroxylation sites is 2. The van der Waals surface area contributed by atoms with Gasteiger partial charge in [-0.25, -0.2) is 5.43 Å². The molecule has 1 heterocycles. The van der Waals surface area contributed by atoms with Gasteiger partial charge >= 0.3 is 0 Å². The van der Waals surface area contributed by atoms with Crippen LogP contribution in [0.25, 0.3) is 32.6 Å². The van der Waals surface area contributed by atoms with E-state index in [1.54, 1.807) is 18.3 Å². The molecule has 0 bridgehead atoms. The summed E-state index contributed by atoms with van der Waals surface area (Å²) in [4.78, 5) is 25.7. The molecule has 6 heteroatoms. The van der Waals surface area contributed by atoms with Crippen molar-refractivity contribution >= 4 is 44.7 Å². The molecule has 190 valence electrons. The Kier molecular flexibility index (Phi) is 6.58. The highest BCUT2D eigenvalue weighted by Gasteiger charge is 2.12. The van der Waals surface area contributed by atoms with Gasteiger partial charge in [-0.2, -0.15) is 5.10 Å². The van der Waals surface area contributed by atoms with Gasteiger partial charge in [-0.1, -0.05) is 66.7 Å². The zero-order valence-electron chi connectivity index (χ0n) is 21.1. The molecule has 6 aromatic rings. The van der Waals surface area contributed by atoms with Gasteiger partial charge in [0.25, 0.3) is 5.91 Å². The van der Waals surface area contributed by atoms with Crippen LogP contribution >= 0.6 is 0 Å². The molecular weight excluding hydrogens is 486 g/mol. The van der Waals surface area contributed by atoms with E-state index in [2.05, 4.69) is 34.8 Å². The van der Waals surface area contributed by atoms with Crippen LogP contribution in [0, 0.1) is 0 Å². The maximum atomic E-state index is 12.9. The highest BCUT2D eigenvalue weighted by Crippen LogP contribution is 2.21. The molecule has 6 rings (SSSR count). The summed E-state index contributed by atoms with van der Waals surface area (Å²) in [5.41, 5.74) is 5.93. The molecule has 0 saturated carbocycles. The lowest BCUT2D eigenvalue weighted by molar-refractivity contribution is -0.121. The fraction of sp³-hybridized carbons (Fsp3) is 0.0606. The molecule has 5 aromatic carbocycles. The SMILES string of the molecule is O=C(Cn1c2ccccc2c(=O)c2ccccc21)NN=Cc1ccc(OCc2cccc3ccccc23)cc1. The molecule has 1 aromatic heterocycles. The Morgan fingerprint density at radius 2 is 1.36 bits per heavy atom. The Labute approximate surface area is 224 Å². The second kappa shape index (κ2) is 10.6. The number of hydrogen-bond donors (Lipinski definition) is 1. The van der Waals surface area contributed by atoms with E-state index in [0.717, 1.165) is 16.9 Å². The molecule has 39 heavy (non-hydrogen) atoms. The predicted octanol–water partition coefficient (Wildman–Crippen LogP) is 6.04. The number of hydrogen-bond acceptors (Lipinski definition) is 4. The number of pyridine rings is 1. The van der Waals surface area contributed by atoms with E-state index >= 15 is 0 Å². The number of fused-ring (bicyclic) bond motifs is 3. The van der Waals surface area contributed by atoms with Crippen molar-refractivity contribution in [1.29, 1.82) is 0 Å². The van der Waals surface area contributed by atoms with Crippen molar-refractivity contribution in [3.8, 4) is 5.75 Å². The highest BCUT2D eigenvalue weighted by molar-refractivity contribution is 5.95. The van der Waals surface area contributed by atoms with Crippen molar-refractivity contribution < 1.29 is 9.53 Å². The van der Waals surface area contributed by atoms with E-state index in [9.17, 15) is 9.59 Å². The smallest absolute Gasteiger partial charge is 0.260 e. The summed E-state index contributed by atoms with van der Waals surface area (Å²) in [6.07, 6.45) is 1.59. The Morgan fingerprint density at radius 1 is 0.744 bits per heavy atom. The summed E-state index contributed by atoms with van der Waals surface area (Å²) in [6, 6.07) is 36.6. The molecule has 0 aliphatic rings. The number of rotatable bonds is 7. The average Bonchev–Trinajstić information content (AvgIpc) is 2.99. The summed E-state index contributed by atoms with van der Waals surface area (Å²) in [6.45, 7) is 0.499. The second-order valence-corrected chi connectivity index (χ2v) is 9.24. The lowest BCUT2D eigenvalue weighted by atomic mass is 10.1. The number of aromatic nitrogens is 1. The van der Waals surface area contributed by atoms with Crippen LogP contribution in [-0.2, 0) is 17.9 Å². The topological polar surface area (TPSA) is 72.7 Å². The van der Waals surface area contributed by atoms with Crippen molar-refractivity contribution in [2.24, 2.45) is 5.10 Å². The molecule has 0 radical (unpaired) electrons. The maximum absolute atomic E-state index is 12.9. The van der Waals surface area contributed by atoms with Gasteiger partial charge in [-0.15, -0.1) is 0 Å². The zero-order valence-corrected chi connectivity index (χ0v) is 21.1. The number of amides is 1. The monoisotopic (exact) mass is 511 g/mol. The quantitative estimate of drug-likeness (QED) is 0.161. The molecule has 0 spiro atoms. The fourth-order valence-electron chi connectivity index (χ4n) is 4.83. The third kappa shape index (κ3) is 5.00. The van der Waals surface area contributed by atoms with E-state index in [0.29, 0.717) is 28.4 Å². The largest absolute Gasteiger partial charge is 0.489 e. The lowest BCUT2D eigenvalue weighted by Gasteiger charge is -2.14. The van der Waals surface area contributed by atoms with E-state index in [4.69, 9.17) is 4.74 Å². The fourth-order valence-corrected chi connectivity index (χ4v) is 4.83. The van der Waals surface area contributed by atoms with E-state index in [-0.39, 0.29) is 17.9 Å². The number of carbonyl (C=O) groups excluding carboxylic acids is 1. The third-order valence-corrected chi connectivity index (χ3v) is 6.74. The van der Waals surface area contributed by atoms with Gasteiger partial charge < -0.3 is 9.30 Å². The molecule has 0 saturated heterocycles. The van der Waals surface area contributed by atoms with Crippen LogP contribution in [0.1, 0.15) is 11.1 Å². The van der Waals surface area contributed by atoms with Crippen LogP contribution in [0.2, 0.25) is 0 Å². The highest BCUT2D eigenvalue weighted by atomic mass is 16.5. The molecular formula is C33H25N3O3. The lowest BCUT2D eigenvalue weighted by Crippen LogP contribution is -2.25. The number of benzene rings is 5. The van der Waals surface area contributed by atoms with Crippen molar-refractivity contribution in [1.82, 2.24) is 9.99 Å². The molecule has 0 fully saturated rings. The van der Waals surface area contributed by atoms with Crippen molar-refractivity contribution in [2.45, 2.75) is 13.2 Å². The van der Waals surface area contributed by atoms with E-state index in [1.807, 2.05) is 83.4 Å². The number of nitrogens with one attached hydrogen (secondary N) is 1. The average molecular weight is 512 g/mol. The zero-order chi connectivity index (χ0) is 26.6. The van der Waals surface area contributed by atoms with Crippen LogP contribution in [0.3, 0.4) is 0 Å². The molecule has 0 unspecified atom stereocenters.